The SMILES string of the molecule is CCN1CCc2cc(F)c(N(C)c3ccc(C#N)cc3)cc2C1C.Cl. The Balaban J connectivity index is 0.00000225. The van der Waals surface area contributed by atoms with Crippen LogP contribution in [0.3, 0.4) is 0 Å². The van der Waals surface area contributed by atoms with Gasteiger partial charge in [-0.3, -0.25) is 4.90 Å². The predicted octanol–water partition coefficient (Wildman–Crippen LogP) is 4.83. The van der Waals surface area contributed by atoms with Gasteiger partial charge in [-0.15, -0.1) is 12.4 Å². The molecule has 2 aromatic carbocycles. The number of anilines is 2. The van der Waals surface area contributed by atoms with Gasteiger partial charge in [-0.05, 0) is 67.4 Å². The zero-order valence-electron chi connectivity index (χ0n) is 14.8. The third-order valence-electron chi connectivity index (χ3n) is 5.03. The highest BCUT2D eigenvalue weighted by Gasteiger charge is 2.25. The molecule has 1 heterocycles. The molecule has 0 aliphatic carbocycles. The fraction of sp³-hybridized carbons (Fsp3) is 0.350. The Bertz CT molecular complexity index is 783. The van der Waals surface area contributed by atoms with Crippen molar-refractivity contribution in [3.63, 3.8) is 0 Å². The van der Waals surface area contributed by atoms with E-state index in [1.54, 1.807) is 18.2 Å². The highest BCUT2D eigenvalue weighted by molar-refractivity contribution is 5.85. The van der Waals surface area contributed by atoms with Gasteiger partial charge in [0.2, 0.25) is 0 Å². The summed E-state index contributed by atoms with van der Waals surface area (Å²) in [4.78, 5) is 4.25. The molecule has 0 N–H and O–H groups in total. The molecule has 0 saturated heterocycles. The van der Waals surface area contributed by atoms with Crippen LogP contribution in [0.1, 0.15) is 36.6 Å². The van der Waals surface area contributed by atoms with Crippen molar-refractivity contribution >= 4 is 23.8 Å². The molecule has 1 unspecified atom stereocenters. The van der Waals surface area contributed by atoms with Crippen LogP contribution in [0.4, 0.5) is 15.8 Å². The molecular formula is C20H23ClFN3. The number of fused-ring (bicyclic) bond motifs is 1. The van der Waals surface area contributed by atoms with E-state index in [1.807, 2.05) is 30.1 Å². The standard InChI is InChI=1S/C20H22FN3.ClH/c1-4-24-10-9-16-11-19(21)20(12-18(16)14(24)2)23(3)17-7-5-15(13-22)6-8-17;/h5-8,11-12,14H,4,9-10H2,1-3H3;1H. The molecule has 3 nitrogen and oxygen atoms in total. The molecular weight excluding hydrogens is 337 g/mol. The maximum Gasteiger partial charge on any atom is 0.147 e. The van der Waals surface area contributed by atoms with E-state index in [-0.39, 0.29) is 18.2 Å². The van der Waals surface area contributed by atoms with Gasteiger partial charge in [-0.2, -0.15) is 5.26 Å². The Hall–Kier alpha value is -2.09. The van der Waals surface area contributed by atoms with Crippen LogP contribution in [0.25, 0.3) is 0 Å². The molecule has 0 fully saturated rings. The van der Waals surface area contributed by atoms with E-state index in [4.69, 9.17) is 5.26 Å². The van der Waals surface area contributed by atoms with Gasteiger partial charge in [0, 0.05) is 25.3 Å². The lowest BCUT2D eigenvalue weighted by Gasteiger charge is -2.35. The molecule has 5 heteroatoms. The summed E-state index contributed by atoms with van der Waals surface area (Å²) < 4.78 is 14.7. The van der Waals surface area contributed by atoms with Gasteiger partial charge in [-0.1, -0.05) is 6.92 Å². The summed E-state index contributed by atoms with van der Waals surface area (Å²) in [5.74, 6) is -0.197. The fourth-order valence-electron chi connectivity index (χ4n) is 3.47. The minimum absolute atomic E-state index is 0. The van der Waals surface area contributed by atoms with Crippen LogP contribution in [0.2, 0.25) is 0 Å². The van der Waals surface area contributed by atoms with E-state index in [2.05, 4.69) is 24.8 Å². The summed E-state index contributed by atoms with van der Waals surface area (Å²) in [6.07, 6.45) is 0.894. The topological polar surface area (TPSA) is 30.3 Å². The molecule has 3 rings (SSSR count). The lowest BCUT2D eigenvalue weighted by Crippen LogP contribution is -2.34. The van der Waals surface area contributed by atoms with Crippen molar-refractivity contribution in [2.75, 3.05) is 25.0 Å². The molecule has 0 saturated carbocycles. The number of nitrogens with zero attached hydrogens (tertiary/aromatic N) is 3. The monoisotopic (exact) mass is 359 g/mol. The first-order valence-electron chi connectivity index (χ1n) is 8.35. The first-order chi connectivity index (χ1) is 11.5. The van der Waals surface area contributed by atoms with E-state index >= 15 is 0 Å². The first kappa shape index (κ1) is 19.2. The van der Waals surface area contributed by atoms with Crippen LogP contribution in [-0.4, -0.2) is 25.0 Å². The van der Waals surface area contributed by atoms with Crippen molar-refractivity contribution in [1.29, 1.82) is 5.26 Å². The molecule has 0 aromatic heterocycles. The number of likely N-dealkylation sites (N-methyl/N-ethyl adjacent to an activating group) is 1. The summed E-state index contributed by atoms with van der Waals surface area (Å²) in [6, 6.07) is 13.3. The highest BCUT2D eigenvalue weighted by Crippen LogP contribution is 2.35. The van der Waals surface area contributed by atoms with Gasteiger partial charge >= 0.3 is 0 Å². The highest BCUT2D eigenvalue weighted by atomic mass is 35.5. The molecule has 0 amide bonds. The third-order valence-corrected chi connectivity index (χ3v) is 5.03. The second-order valence-electron chi connectivity index (χ2n) is 6.27. The lowest BCUT2D eigenvalue weighted by atomic mass is 9.92. The van der Waals surface area contributed by atoms with Crippen LogP contribution >= 0.6 is 12.4 Å². The second kappa shape index (κ2) is 7.86. The molecule has 0 radical (unpaired) electrons. The summed E-state index contributed by atoms with van der Waals surface area (Å²) in [5.41, 5.74) is 4.36. The third kappa shape index (κ3) is 3.63. The molecule has 132 valence electrons. The number of halogens is 2. The van der Waals surface area contributed by atoms with E-state index in [0.717, 1.165) is 30.8 Å². The number of benzene rings is 2. The minimum Gasteiger partial charge on any atom is -0.342 e. The minimum atomic E-state index is -0.197. The Morgan fingerprint density at radius 3 is 2.56 bits per heavy atom. The number of hydrogen-bond donors (Lipinski definition) is 0. The van der Waals surface area contributed by atoms with E-state index in [1.165, 1.54) is 5.56 Å². The summed E-state index contributed by atoms with van der Waals surface area (Å²) in [6.45, 7) is 6.33. The summed E-state index contributed by atoms with van der Waals surface area (Å²) in [5, 5.41) is 8.91. The second-order valence-corrected chi connectivity index (χ2v) is 6.27. The fourth-order valence-corrected chi connectivity index (χ4v) is 3.47. The molecule has 1 aliphatic rings. The summed E-state index contributed by atoms with van der Waals surface area (Å²) >= 11 is 0. The van der Waals surface area contributed by atoms with E-state index < -0.39 is 0 Å². The Kier molecular flexibility index (Phi) is 6.05. The molecule has 25 heavy (non-hydrogen) atoms. The molecule has 2 aromatic rings. The van der Waals surface area contributed by atoms with Crippen LogP contribution < -0.4 is 4.90 Å². The first-order valence-corrected chi connectivity index (χ1v) is 8.35. The number of nitriles is 1. The maximum atomic E-state index is 14.7. The van der Waals surface area contributed by atoms with Crippen LogP contribution in [0.15, 0.2) is 36.4 Å². The van der Waals surface area contributed by atoms with Gasteiger partial charge in [0.05, 0.1) is 17.3 Å². The zero-order chi connectivity index (χ0) is 17.3. The molecule has 1 aliphatic heterocycles. The van der Waals surface area contributed by atoms with Crippen molar-refractivity contribution in [3.05, 3.63) is 58.9 Å². The number of rotatable bonds is 3. The van der Waals surface area contributed by atoms with Crippen LogP contribution in [-0.2, 0) is 6.42 Å². The van der Waals surface area contributed by atoms with Crippen molar-refractivity contribution in [3.8, 4) is 6.07 Å². The van der Waals surface area contributed by atoms with Gasteiger partial charge in [0.1, 0.15) is 5.82 Å². The van der Waals surface area contributed by atoms with E-state index in [9.17, 15) is 4.39 Å². The van der Waals surface area contributed by atoms with Crippen molar-refractivity contribution in [1.82, 2.24) is 4.90 Å². The predicted molar refractivity (Wildman–Crippen MR) is 102 cm³/mol. The average molecular weight is 360 g/mol. The van der Waals surface area contributed by atoms with Gasteiger partial charge in [0.25, 0.3) is 0 Å². The number of hydrogen-bond acceptors (Lipinski definition) is 3. The molecule has 1 atom stereocenters. The summed E-state index contributed by atoms with van der Waals surface area (Å²) in [7, 11) is 1.86. The zero-order valence-corrected chi connectivity index (χ0v) is 15.6. The van der Waals surface area contributed by atoms with Crippen LogP contribution in [0.5, 0.6) is 0 Å². The smallest absolute Gasteiger partial charge is 0.147 e. The van der Waals surface area contributed by atoms with Crippen molar-refractivity contribution < 1.29 is 4.39 Å². The van der Waals surface area contributed by atoms with Gasteiger partial charge < -0.3 is 4.90 Å². The van der Waals surface area contributed by atoms with Gasteiger partial charge in [-0.25, -0.2) is 4.39 Å². The van der Waals surface area contributed by atoms with Gasteiger partial charge in [0.15, 0.2) is 0 Å². The van der Waals surface area contributed by atoms with Crippen molar-refractivity contribution in [2.45, 2.75) is 26.3 Å². The molecule has 0 spiro atoms. The normalized spacial score (nSPS) is 16.5. The van der Waals surface area contributed by atoms with Crippen molar-refractivity contribution in [2.24, 2.45) is 0 Å². The Morgan fingerprint density at radius 2 is 1.96 bits per heavy atom. The quantitative estimate of drug-likeness (QED) is 0.786. The lowest BCUT2D eigenvalue weighted by molar-refractivity contribution is 0.209. The Labute approximate surface area is 155 Å². The molecule has 0 bridgehead atoms. The largest absolute Gasteiger partial charge is 0.342 e. The Morgan fingerprint density at radius 1 is 1.28 bits per heavy atom. The average Bonchev–Trinajstić information content (AvgIpc) is 2.61. The van der Waals surface area contributed by atoms with Crippen LogP contribution in [0, 0.1) is 17.1 Å². The van der Waals surface area contributed by atoms with E-state index in [0.29, 0.717) is 17.3 Å². The maximum absolute atomic E-state index is 14.7.